The van der Waals surface area contributed by atoms with Gasteiger partial charge in [0.2, 0.25) is 11.8 Å². The second kappa shape index (κ2) is 8.15. The van der Waals surface area contributed by atoms with Gasteiger partial charge in [-0.1, -0.05) is 0 Å². The second-order valence-corrected chi connectivity index (χ2v) is 7.09. The Hall–Kier alpha value is -3.65. The van der Waals surface area contributed by atoms with E-state index in [9.17, 15) is 14.9 Å². The number of hydrogen-bond donors (Lipinski definition) is 1. The van der Waals surface area contributed by atoms with Gasteiger partial charge in [-0.25, -0.2) is 0 Å². The van der Waals surface area contributed by atoms with Crippen LogP contribution >= 0.6 is 0 Å². The van der Waals surface area contributed by atoms with E-state index in [2.05, 4.69) is 10.4 Å². The lowest BCUT2D eigenvalue weighted by atomic mass is 9.84. The number of aryl methyl sites for hydroxylation is 1. The maximum atomic E-state index is 13.2. The monoisotopic (exact) mass is 390 g/mol. The van der Waals surface area contributed by atoms with E-state index < -0.39 is 12.0 Å². The van der Waals surface area contributed by atoms with E-state index in [0.717, 1.165) is 5.56 Å². The Morgan fingerprint density at radius 1 is 1.34 bits per heavy atom. The van der Waals surface area contributed by atoms with Crippen molar-refractivity contribution in [1.29, 1.82) is 10.5 Å². The van der Waals surface area contributed by atoms with E-state index in [0.29, 0.717) is 30.6 Å². The van der Waals surface area contributed by atoms with Crippen LogP contribution in [0.15, 0.2) is 24.5 Å². The number of benzene rings is 1. The zero-order chi connectivity index (χ0) is 21.1. The molecule has 3 rings (SSSR count). The van der Waals surface area contributed by atoms with Gasteiger partial charge in [-0.15, -0.1) is 0 Å². The van der Waals surface area contributed by atoms with Gasteiger partial charge in [0.05, 0.1) is 29.3 Å². The van der Waals surface area contributed by atoms with Crippen LogP contribution in [0.5, 0.6) is 0 Å². The third-order valence-corrected chi connectivity index (χ3v) is 5.41. The highest BCUT2D eigenvalue weighted by Crippen LogP contribution is 2.37. The summed E-state index contributed by atoms with van der Waals surface area (Å²) in [5, 5.41) is 25.6. The zero-order valence-corrected chi connectivity index (χ0v) is 16.6. The number of nitriles is 2. The Morgan fingerprint density at radius 2 is 2.10 bits per heavy atom. The van der Waals surface area contributed by atoms with Crippen molar-refractivity contribution in [2.24, 2.45) is 13.0 Å². The van der Waals surface area contributed by atoms with Crippen LogP contribution < -0.4 is 5.32 Å². The van der Waals surface area contributed by atoms with Crippen LogP contribution in [0.4, 0.5) is 5.69 Å². The second-order valence-electron chi connectivity index (χ2n) is 7.09. The van der Waals surface area contributed by atoms with Crippen LogP contribution in [0.1, 0.15) is 48.1 Å². The lowest BCUT2D eigenvalue weighted by molar-refractivity contribution is -0.141. The molecular weight excluding hydrogens is 368 g/mol. The Labute approximate surface area is 169 Å². The number of nitrogens with zero attached hydrogens (tertiary/aromatic N) is 5. The van der Waals surface area contributed by atoms with Gasteiger partial charge in [-0.3, -0.25) is 14.3 Å². The van der Waals surface area contributed by atoms with E-state index in [-0.39, 0.29) is 22.9 Å². The molecule has 1 aliphatic heterocycles. The van der Waals surface area contributed by atoms with Crippen molar-refractivity contribution in [3.63, 3.8) is 0 Å². The molecule has 1 saturated heterocycles. The summed E-state index contributed by atoms with van der Waals surface area (Å²) in [6.45, 7) is 4.10. The number of carbonyl (C=O) groups excluding carboxylic acids is 2. The summed E-state index contributed by atoms with van der Waals surface area (Å²) in [5.41, 5.74) is 2.39. The molecule has 8 nitrogen and oxygen atoms in total. The third-order valence-electron chi connectivity index (χ3n) is 5.41. The molecule has 0 spiro atoms. The summed E-state index contributed by atoms with van der Waals surface area (Å²) in [6, 6.07) is 6.79. The summed E-state index contributed by atoms with van der Waals surface area (Å²) in [4.78, 5) is 27.4. The Kier molecular flexibility index (Phi) is 5.65. The van der Waals surface area contributed by atoms with Gasteiger partial charge in [0, 0.05) is 37.5 Å². The Balaban J connectivity index is 1.94. The Bertz CT molecular complexity index is 1040. The summed E-state index contributed by atoms with van der Waals surface area (Å²) in [7, 11) is 1.79. The van der Waals surface area contributed by atoms with E-state index in [4.69, 9.17) is 5.26 Å². The van der Waals surface area contributed by atoms with Crippen LogP contribution in [-0.4, -0.2) is 33.0 Å². The van der Waals surface area contributed by atoms with Crippen molar-refractivity contribution >= 4 is 17.5 Å². The molecule has 1 aliphatic rings. The van der Waals surface area contributed by atoms with Gasteiger partial charge >= 0.3 is 0 Å². The first-order chi connectivity index (χ1) is 13.9. The molecule has 2 heterocycles. The first-order valence-electron chi connectivity index (χ1n) is 9.43. The molecule has 1 N–H and O–H groups in total. The lowest BCUT2D eigenvalue weighted by Crippen LogP contribution is -2.46. The fourth-order valence-electron chi connectivity index (χ4n) is 3.92. The van der Waals surface area contributed by atoms with Crippen molar-refractivity contribution in [2.45, 2.75) is 32.7 Å². The van der Waals surface area contributed by atoms with E-state index in [1.807, 2.05) is 25.3 Å². The molecule has 2 unspecified atom stereocenters. The molecule has 0 bridgehead atoms. The summed E-state index contributed by atoms with van der Waals surface area (Å²) < 4.78 is 1.65. The predicted octanol–water partition coefficient (Wildman–Crippen LogP) is 2.41. The van der Waals surface area contributed by atoms with Crippen LogP contribution in [0, 0.1) is 35.5 Å². The lowest BCUT2D eigenvalue weighted by Gasteiger charge is -2.39. The number of amides is 2. The minimum Gasteiger partial charge on any atom is -0.335 e. The highest BCUT2D eigenvalue weighted by Gasteiger charge is 2.40. The SMILES string of the molecule is CCN1C(=O)CCC(C(=O)Nc2ccc(C#N)c(C#N)c2C)C1c1cnn(C)c1. The fraction of sp³-hybridized carbons (Fsp3) is 0.381. The number of anilines is 1. The summed E-state index contributed by atoms with van der Waals surface area (Å²) in [5.74, 6) is -0.648. The average molecular weight is 390 g/mol. The van der Waals surface area contributed by atoms with Gasteiger partial charge in [0.15, 0.2) is 0 Å². The number of carbonyl (C=O) groups is 2. The average Bonchev–Trinajstić information content (AvgIpc) is 3.14. The molecule has 2 aromatic rings. The first kappa shape index (κ1) is 20.1. The Morgan fingerprint density at radius 3 is 2.69 bits per heavy atom. The largest absolute Gasteiger partial charge is 0.335 e. The van der Waals surface area contributed by atoms with Crippen LogP contribution in [0.25, 0.3) is 0 Å². The topological polar surface area (TPSA) is 115 Å². The number of nitrogens with one attached hydrogen (secondary N) is 1. The van der Waals surface area contributed by atoms with Crippen LogP contribution in [0.3, 0.4) is 0 Å². The third kappa shape index (κ3) is 3.70. The fourth-order valence-corrected chi connectivity index (χ4v) is 3.92. The molecule has 148 valence electrons. The van der Waals surface area contributed by atoms with E-state index >= 15 is 0 Å². The summed E-state index contributed by atoms with van der Waals surface area (Å²) >= 11 is 0. The molecule has 1 aromatic heterocycles. The molecule has 29 heavy (non-hydrogen) atoms. The molecule has 0 aliphatic carbocycles. The van der Waals surface area contributed by atoms with Gasteiger partial charge in [0.1, 0.15) is 12.1 Å². The summed E-state index contributed by atoms with van der Waals surface area (Å²) in [6.07, 6.45) is 4.25. The highest BCUT2D eigenvalue weighted by atomic mass is 16.2. The maximum absolute atomic E-state index is 13.2. The molecule has 2 amide bonds. The van der Waals surface area contributed by atoms with E-state index in [1.54, 1.807) is 35.8 Å². The van der Waals surface area contributed by atoms with Gasteiger partial charge in [-0.2, -0.15) is 15.6 Å². The van der Waals surface area contributed by atoms with Crippen molar-refractivity contribution in [3.05, 3.63) is 46.8 Å². The van der Waals surface area contributed by atoms with Crippen LogP contribution in [-0.2, 0) is 16.6 Å². The molecule has 0 radical (unpaired) electrons. The molecule has 1 aromatic carbocycles. The van der Waals surface area contributed by atoms with Gasteiger partial charge in [-0.05, 0) is 38.0 Å². The number of likely N-dealkylation sites (tertiary alicyclic amines) is 1. The molecule has 0 saturated carbocycles. The molecular formula is C21H22N6O2. The van der Waals surface area contributed by atoms with Crippen LogP contribution in [0.2, 0.25) is 0 Å². The number of rotatable bonds is 4. The van der Waals surface area contributed by atoms with Crippen molar-refractivity contribution < 1.29 is 9.59 Å². The highest BCUT2D eigenvalue weighted by molar-refractivity contribution is 5.95. The zero-order valence-electron chi connectivity index (χ0n) is 16.6. The van der Waals surface area contributed by atoms with Crippen molar-refractivity contribution in [2.75, 3.05) is 11.9 Å². The maximum Gasteiger partial charge on any atom is 0.229 e. The quantitative estimate of drug-likeness (QED) is 0.861. The molecule has 8 heteroatoms. The first-order valence-corrected chi connectivity index (χ1v) is 9.43. The number of hydrogen-bond acceptors (Lipinski definition) is 5. The minimum atomic E-state index is -0.447. The molecule has 1 fully saturated rings. The smallest absolute Gasteiger partial charge is 0.229 e. The predicted molar refractivity (Wildman–Crippen MR) is 105 cm³/mol. The number of aromatic nitrogens is 2. The minimum absolute atomic E-state index is 0.0201. The molecule has 2 atom stereocenters. The van der Waals surface area contributed by atoms with Gasteiger partial charge in [0.25, 0.3) is 0 Å². The normalized spacial score (nSPS) is 18.8. The van der Waals surface area contributed by atoms with Crippen molar-refractivity contribution in [1.82, 2.24) is 14.7 Å². The van der Waals surface area contributed by atoms with Crippen molar-refractivity contribution in [3.8, 4) is 12.1 Å². The van der Waals surface area contributed by atoms with E-state index in [1.165, 1.54) is 6.07 Å². The number of piperidine rings is 1. The standard InChI is InChI=1S/C21H22N6O2/c1-4-27-19(28)8-6-16(20(27)15-11-24-26(3)12-15)21(29)25-18-7-5-14(9-22)17(10-23)13(18)2/h5,7,11-12,16,20H,4,6,8H2,1-3H3,(H,25,29). The van der Waals surface area contributed by atoms with Gasteiger partial charge < -0.3 is 10.2 Å².